The van der Waals surface area contributed by atoms with E-state index in [4.69, 9.17) is 0 Å². The highest BCUT2D eigenvalue weighted by molar-refractivity contribution is 5.12. The molecule has 2 heteroatoms. The summed E-state index contributed by atoms with van der Waals surface area (Å²) in [6.45, 7) is 8.01. The molecule has 1 aromatic rings. The lowest BCUT2D eigenvalue weighted by molar-refractivity contribution is -0.0406. The Hall–Kier alpha value is -0.890. The molecule has 0 aliphatic heterocycles. The Morgan fingerprint density at radius 3 is 2.36 bits per heavy atom. The fraction of sp³-hybridized carbons (Fsp3) is 0.583. The summed E-state index contributed by atoms with van der Waals surface area (Å²) in [6, 6.07) is 3.89. The summed E-state index contributed by atoms with van der Waals surface area (Å²) in [5.74, 6) is 0. The molecule has 1 atom stereocenters. The highest BCUT2D eigenvalue weighted by Gasteiger charge is 2.35. The zero-order valence-electron chi connectivity index (χ0n) is 9.41. The molecule has 1 rings (SSSR count). The van der Waals surface area contributed by atoms with Crippen LogP contribution in [0.2, 0.25) is 0 Å². The van der Waals surface area contributed by atoms with Crippen LogP contribution in [0.25, 0.3) is 0 Å². The van der Waals surface area contributed by atoms with E-state index in [9.17, 15) is 5.11 Å². The fourth-order valence-corrected chi connectivity index (χ4v) is 1.17. The molecule has 0 bridgehead atoms. The summed E-state index contributed by atoms with van der Waals surface area (Å²) >= 11 is 0. The molecule has 0 radical (unpaired) electrons. The quantitative estimate of drug-likeness (QED) is 0.782. The molecule has 0 saturated heterocycles. The van der Waals surface area contributed by atoms with Crippen molar-refractivity contribution in [1.82, 2.24) is 4.98 Å². The van der Waals surface area contributed by atoms with Gasteiger partial charge < -0.3 is 5.11 Å². The van der Waals surface area contributed by atoms with Crippen molar-refractivity contribution in [3.05, 3.63) is 30.1 Å². The average Bonchev–Trinajstić information content (AvgIpc) is 2.03. The number of hydrogen-bond donors (Lipinski definition) is 1. The van der Waals surface area contributed by atoms with Crippen molar-refractivity contribution in [2.24, 2.45) is 5.41 Å². The van der Waals surface area contributed by atoms with Gasteiger partial charge in [-0.05, 0) is 24.0 Å². The van der Waals surface area contributed by atoms with Crippen LogP contribution in [0, 0.1) is 5.41 Å². The summed E-state index contributed by atoms with van der Waals surface area (Å²) in [6.07, 6.45) is 4.19. The Kier molecular flexibility index (Phi) is 2.95. The molecule has 1 aromatic heterocycles. The second-order valence-electron chi connectivity index (χ2n) is 5.06. The summed E-state index contributed by atoms with van der Waals surface area (Å²) in [4.78, 5) is 4.04. The van der Waals surface area contributed by atoms with Gasteiger partial charge in [-0.1, -0.05) is 26.8 Å². The smallest absolute Gasteiger partial charge is 0.0708 e. The van der Waals surface area contributed by atoms with E-state index in [0.29, 0.717) is 6.42 Å². The predicted octanol–water partition coefficient (Wildman–Crippen LogP) is 2.42. The van der Waals surface area contributed by atoms with Crippen LogP contribution in [-0.4, -0.2) is 15.7 Å². The molecule has 0 amide bonds. The molecule has 1 heterocycles. The molecule has 0 spiro atoms. The minimum atomic E-state index is -0.698. The van der Waals surface area contributed by atoms with Crippen molar-refractivity contribution in [2.75, 3.05) is 0 Å². The third kappa shape index (κ3) is 2.55. The van der Waals surface area contributed by atoms with Crippen LogP contribution < -0.4 is 0 Å². The van der Waals surface area contributed by atoms with Crippen molar-refractivity contribution < 1.29 is 5.11 Å². The van der Waals surface area contributed by atoms with Gasteiger partial charge in [0.05, 0.1) is 5.60 Å². The number of hydrogen-bond acceptors (Lipinski definition) is 2. The number of pyridine rings is 1. The maximum absolute atomic E-state index is 10.3. The lowest BCUT2D eigenvalue weighted by atomic mass is 9.74. The topological polar surface area (TPSA) is 33.1 Å². The van der Waals surface area contributed by atoms with Gasteiger partial charge in [0.1, 0.15) is 0 Å². The van der Waals surface area contributed by atoms with E-state index < -0.39 is 5.60 Å². The van der Waals surface area contributed by atoms with E-state index in [1.54, 1.807) is 12.4 Å². The van der Waals surface area contributed by atoms with E-state index in [1.807, 2.05) is 39.8 Å². The van der Waals surface area contributed by atoms with E-state index in [1.165, 1.54) is 0 Å². The van der Waals surface area contributed by atoms with E-state index in [0.717, 1.165) is 5.56 Å². The van der Waals surface area contributed by atoms with Crippen LogP contribution in [-0.2, 0) is 6.42 Å². The fourth-order valence-electron chi connectivity index (χ4n) is 1.17. The lowest BCUT2D eigenvalue weighted by Crippen LogP contribution is -2.41. The molecule has 2 nitrogen and oxygen atoms in total. The molecule has 14 heavy (non-hydrogen) atoms. The molecule has 0 aliphatic rings. The van der Waals surface area contributed by atoms with Gasteiger partial charge >= 0.3 is 0 Å². The van der Waals surface area contributed by atoms with Gasteiger partial charge in [-0.25, -0.2) is 0 Å². The first-order chi connectivity index (χ1) is 6.33. The number of nitrogens with zero attached hydrogens (tertiary/aromatic N) is 1. The van der Waals surface area contributed by atoms with Crippen molar-refractivity contribution >= 4 is 0 Å². The van der Waals surface area contributed by atoms with Gasteiger partial charge in [0.15, 0.2) is 0 Å². The van der Waals surface area contributed by atoms with Gasteiger partial charge in [-0.3, -0.25) is 4.98 Å². The minimum Gasteiger partial charge on any atom is -0.389 e. The number of rotatable bonds is 2. The molecule has 0 aromatic carbocycles. The molecule has 0 saturated carbocycles. The van der Waals surface area contributed by atoms with Crippen molar-refractivity contribution in [3.63, 3.8) is 0 Å². The zero-order chi connectivity index (χ0) is 10.8. The molecule has 0 fully saturated rings. The molecular formula is C12H19NO. The summed E-state index contributed by atoms with van der Waals surface area (Å²) in [7, 11) is 0. The summed E-state index contributed by atoms with van der Waals surface area (Å²) in [5.41, 5.74) is 0.256. The van der Waals surface area contributed by atoms with Crippen molar-refractivity contribution in [1.29, 1.82) is 0 Å². The maximum atomic E-state index is 10.3. The average molecular weight is 193 g/mol. The third-order valence-corrected chi connectivity index (χ3v) is 2.89. The van der Waals surface area contributed by atoms with Crippen molar-refractivity contribution in [3.8, 4) is 0 Å². The molecule has 0 aliphatic carbocycles. The van der Waals surface area contributed by atoms with Gasteiger partial charge in [-0.15, -0.1) is 0 Å². The summed E-state index contributed by atoms with van der Waals surface area (Å²) < 4.78 is 0. The molecule has 1 N–H and O–H groups in total. The van der Waals surface area contributed by atoms with Crippen LogP contribution in [0.1, 0.15) is 33.3 Å². The van der Waals surface area contributed by atoms with Crippen molar-refractivity contribution in [2.45, 2.75) is 39.7 Å². The van der Waals surface area contributed by atoms with E-state index in [-0.39, 0.29) is 5.41 Å². The second-order valence-corrected chi connectivity index (χ2v) is 5.06. The van der Waals surface area contributed by atoms with Gasteiger partial charge in [0, 0.05) is 18.8 Å². The first kappa shape index (κ1) is 11.2. The van der Waals surface area contributed by atoms with Crippen LogP contribution in [0.5, 0.6) is 0 Å². The molecule has 1 unspecified atom stereocenters. The predicted molar refractivity (Wildman–Crippen MR) is 58.0 cm³/mol. The van der Waals surface area contributed by atoms with Gasteiger partial charge in [0.25, 0.3) is 0 Å². The Bertz CT molecular complexity index is 285. The van der Waals surface area contributed by atoms with E-state index >= 15 is 0 Å². The third-order valence-electron chi connectivity index (χ3n) is 2.89. The first-order valence-corrected chi connectivity index (χ1v) is 4.94. The standard InChI is InChI=1S/C12H19NO/c1-11(2,3)12(4,14)8-10-6-5-7-13-9-10/h5-7,9,14H,8H2,1-4H3. The lowest BCUT2D eigenvalue weighted by Gasteiger charge is -2.37. The highest BCUT2D eigenvalue weighted by Crippen LogP contribution is 2.32. The van der Waals surface area contributed by atoms with Crippen LogP contribution in [0.15, 0.2) is 24.5 Å². The monoisotopic (exact) mass is 193 g/mol. The normalized spacial score (nSPS) is 16.4. The SMILES string of the molecule is CC(C)(C)C(C)(O)Cc1cccnc1. The highest BCUT2D eigenvalue weighted by atomic mass is 16.3. The Balaban J connectivity index is 2.79. The summed E-state index contributed by atoms with van der Waals surface area (Å²) in [5, 5.41) is 10.3. The Morgan fingerprint density at radius 2 is 1.93 bits per heavy atom. The minimum absolute atomic E-state index is 0.122. The molecule has 78 valence electrons. The van der Waals surface area contributed by atoms with Gasteiger partial charge in [0.2, 0.25) is 0 Å². The number of aromatic nitrogens is 1. The van der Waals surface area contributed by atoms with E-state index in [2.05, 4.69) is 4.98 Å². The largest absolute Gasteiger partial charge is 0.389 e. The Morgan fingerprint density at radius 1 is 1.29 bits per heavy atom. The zero-order valence-corrected chi connectivity index (χ0v) is 9.41. The van der Waals surface area contributed by atoms with Crippen LogP contribution >= 0.6 is 0 Å². The maximum Gasteiger partial charge on any atom is 0.0708 e. The van der Waals surface area contributed by atoms with Crippen LogP contribution in [0.3, 0.4) is 0 Å². The van der Waals surface area contributed by atoms with Crippen LogP contribution in [0.4, 0.5) is 0 Å². The Labute approximate surface area is 86.0 Å². The molecular weight excluding hydrogens is 174 g/mol. The van der Waals surface area contributed by atoms with Gasteiger partial charge in [-0.2, -0.15) is 0 Å². The second kappa shape index (κ2) is 3.70. The number of aliphatic hydroxyl groups is 1. The first-order valence-electron chi connectivity index (χ1n) is 4.94.